The molecule has 3 rings (SSSR count). The van der Waals surface area contributed by atoms with Gasteiger partial charge in [0.2, 0.25) is 0 Å². The van der Waals surface area contributed by atoms with Crippen molar-refractivity contribution < 1.29 is 0 Å². The number of nitrogens with zero attached hydrogens (tertiary/aromatic N) is 1. The van der Waals surface area contributed by atoms with E-state index < -0.39 is 0 Å². The summed E-state index contributed by atoms with van der Waals surface area (Å²) in [5, 5.41) is 8.77. The largest absolute Gasteiger partial charge is 0.378 e. The monoisotopic (exact) mass is 316 g/mol. The van der Waals surface area contributed by atoms with Crippen LogP contribution in [0.4, 0.5) is 5.69 Å². The number of hydrogen-bond acceptors (Lipinski definition) is 2. The predicted octanol–water partition coefficient (Wildman–Crippen LogP) is 5.16. The Bertz CT molecular complexity index is 826. The van der Waals surface area contributed by atoms with Crippen LogP contribution in [0.3, 0.4) is 0 Å². The highest BCUT2D eigenvalue weighted by Gasteiger charge is 2.22. The van der Waals surface area contributed by atoms with Gasteiger partial charge in [-0.05, 0) is 31.5 Å². The molecule has 0 aromatic heterocycles. The molecule has 1 N–H and O–H groups in total. The summed E-state index contributed by atoms with van der Waals surface area (Å²) in [6, 6.07) is 16.4. The summed E-state index contributed by atoms with van der Waals surface area (Å²) in [4.78, 5) is 2.09. The average molecular weight is 316 g/mol. The van der Waals surface area contributed by atoms with Gasteiger partial charge in [0.05, 0.1) is 5.71 Å². The number of allylic oxidation sites excluding steroid dienone is 4. The number of rotatable bonds is 4. The van der Waals surface area contributed by atoms with Gasteiger partial charge < -0.3 is 4.90 Å². The summed E-state index contributed by atoms with van der Waals surface area (Å²) in [6.45, 7) is 4.35. The summed E-state index contributed by atoms with van der Waals surface area (Å²) in [7, 11) is 4.07. The minimum Gasteiger partial charge on any atom is -0.378 e. The molecule has 24 heavy (non-hydrogen) atoms. The second kappa shape index (κ2) is 6.48. The highest BCUT2D eigenvalue weighted by atomic mass is 15.1. The zero-order valence-corrected chi connectivity index (χ0v) is 14.8. The molecule has 2 aromatic rings. The normalized spacial score (nSPS) is 16.6. The van der Waals surface area contributed by atoms with Crippen molar-refractivity contribution in [1.29, 1.82) is 5.41 Å². The lowest BCUT2D eigenvalue weighted by Gasteiger charge is -2.21. The predicted molar refractivity (Wildman–Crippen MR) is 103 cm³/mol. The number of nitrogens with one attached hydrogen (secondary N) is 1. The lowest BCUT2D eigenvalue weighted by Crippen LogP contribution is -2.13. The Morgan fingerprint density at radius 2 is 1.71 bits per heavy atom. The SMILES string of the molecule is CC1=C(C)C(c2ccc(N(C)C)cc2C(=N)c2ccccc2)C=C1. The van der Waals surface area contributed by atoms with Crippen LogP contribution in [0, 0.1) is 5.41 Å². The first kappa shape index (κ1) is 16.3. The number of benzene rings is 2. The van der Waals surface area contributed by atoms with E-state index in [9.17, 15) is 0 Å². The molecule has 0 amide bonds. The van der Waals surface area contributed by atoms with Crippen molar-refractivity contribution in [1.82, 2.24) is 0 Å². The Hall–Kier alpha value is -2.61. The molecule has 1 aliphatic carbocycles. The average Bonchev–Trinajstić information content (AvgIpc) is 2.93. The zero-order chi connectivity index (χ0) is 17.3. The molecule has 0 radical (unpaired) electrons. The third-order valence-electron chi connectivity index (χ3n) is 4.85. The van der Waals surface area contributed by atoms with E-state index in [0.29, 0.717) is 5.71 Å². The maximum absolute atomic E-state index is 8.77. The lowest BCUT2D eigenvalue weighted by molar-refractivity contribution is 0.995. The Morgan fingerprint density at radius 3 is 2.29 bits per heavy atom. The van der Waals surface area contributed by atoms with Gasteiger partial charge in [-0.15, -0.1) is 0 Å². The van der Waals surface area contributed by atoms with Crippen molar-refractivity contribution in [3.63, 3.8) is 0 Å². The molecule has 0 heterocycles. The summed E-state index contributed by atoms with van der Waals surface area (Å²) in [6.07, 6.45) is 4.44. The number of anilines is 1. The second-order valence-corrected chi connectivity index (χ2v) is 6.61. The van der Waals surface area contributed by atoms with E-state index in [2.05, 4.69) is 49.1 Å². The van der Waals surface area contributed by atoms with E-state index in [1.165, 1.54) is 16.7 Å². The molecule has 0 spiro atoms. The van der Waals surface area contributed by atoms with Crippen LogP contribution in [0.1, 0.15) is 36.5 Å². The maximum Gasteiger partial charge on any atom is 0.0688 e. The van der Waals surface area contributed by atoms with E-state index in [1.54, 1.807) is 0 Å². The molecule has 0 aliphatic heterocycles. The van der Waals surface area contributed by atoms with Gasteiger partial charge in [0.15, 0.2) is 0 Å². The summed E-state index contributed by atoms with van der Waals surface area (Å²) in [5.41, 5.74) is 7.57. The van der Waals surface area contributed by atoms with Gasteiger partial charge in [0, 0.05) is 36.8 Å². The Kier molecular flexibility index (Phi) is 4.39. The van der Waals surface area contributed by atoms with Gasteiger partial charge in [-0.2, -0.15) is 0 Å². The summed E-state index contributed by atoms with van der Waals surface area (Å²) >= 11 is 0. The fourth-order valence-electron chi connectivity index (χ4n) is 3.17. The maximum atomic E-state index is 8.77. The minimum atomic E-state index is 0.264. The second-order valence-electron chi connectivity index (χ2n) is 6.61. The molecule has 2 aromatic carbocycles. The van der Waals surface area contributed by atoms with E-state index >= 15 is 0 Å². The van der Waals surface area contributed by atoms with Crippen LogP contribution >= 0.6 is 0 Å². The first-order valence-electron chi connectivity index (χ1n) is 8.30. The van der Waals surface area contributed by atoms with Crippen LogP contribution in [0.15, 0.2) is 71.8 Å². The van der Waals surface area contributed by atoms with E-state index in [0.717, 1.165) is 16.8 Å². The summed E-state index contributed by atoms with van der Waals surface area (Å²) in [5.74, 6) is 0.264. The van der Waals surface area contributed by atoms with Crippen molar-refractivity contribution in [2.75, 3.05) is 19.0 Å². The molecule has 0 fully saturated rings. The molecule has 122 valence electrons. The van der Waals surface area contributed by atoms with Crippen LogP contribution in [-0.4, -0.2) is 19.8 Å². The van der Waals surface area contributed by atoms with Gasteiger partial charge in [-0.3, -0.25) is 5.41 Å². The Morgan fingerprint density at radius 1 is 1.00 bits per heavy atom. The van der Waals surface area contributed by atoms with Crippen LogP contribution in [-0.2, 0) is 0 Å². The van der Waals surface area contributed by atoms with E-state index in [4.69, 9.17) is 5.41 Å². The molecule has 1 unspecified atom stereocenters. The smallest absolute Gasteiger partial charge is 0.0688 e. The van der Waals surface area contributed by atoms with Crippen molar-refractivity contribution in [2.45, 2.75) is 19.8 Å². The van der Waals surface area contributed by atoms with Gasteiger partial charge in [0.25, 0.3) is 0 Å². The van der Waals surface area contributed by atoms with Crippen LogP contribution in [0.2, 0.25) is 0 Å². The molecule has 0 bridgehead atoms. The Labute approximate surface area is 144 Å². The zero-order valence-electron chi connectivity index (χ0n) is 14.8. The van der Waals surface area contributed by atoms with Crippen LogP contribution < -0.4 is 4.90 Å². The number of hydrogen-bond donors (Lipinski definition) is 1. The first-order valence-corrected chi connectivity index (χ1v) is 8.30. The molecule has 2 heteroatoms. The standard InChI is InChI=1S/C22H24N2/c1-15-10-12-19(16(15)2)20-13-11-18(24(3)4)14-21(20)22(23)17-8-6-5-7-9-17/h5-14,19,23H,1-4H3. The molecule has 0 saturated carbocycles. The quantitative estimate of drug-likeness (QED) is 0.775. The van der Waals surface area contributed by atoms with Gasteiger partial charge in [-0.25, -0.2) is 0 Å². The van der Waals surface area contributed by atoms with E-state index in [1.807, 2.05) is 44.4 Å². The summed E-state index contributed by atoms with van der Waals surface area (Å²) < 4.78 is 0. The highest BCUT2D eigenvalue weighted by molar-refractivity contribution is 6.12. The van der Waals surface area contributed by atoms with Crippen molar-refractivity contribution in [3.8, 4) is 0 Å². The van der Waals surface area contributed by atoms with Crippen molar-refractivity contribution in [2.24, 2.45) is 0 Å². The van der Waals surface area contributed by atoms with Gasteiger partial charge in [0.1, 0.15) is 0 Å². The fraction of sp³-hybridized carbons (Fsp3) is 0.227. The van der Waals surface area contributed by atoms with Crippen molar-refractivity contribution in [3.05, 3.63) is 88.5 Å². The molecular weight excluding hydrogens is 292 g/mol. The van der Waals surface area contributed by atoms with E-state index in [-0.39, 0.29) is 5.92 Å². The molecule has 2 nitrogen and oxygen atoms in total. The molecule has 0 saturated heterocycles. The Balaban J connectivity index is 2.13. The van der Waals surface area contributed by atoms with Gasteiger partial charge >= 0.3 is 0 Å². The topological polar surface area (TPSA) is 27.1 Å². The lowest BCUT2D eigenvalue weighted by atomic mass is 9.86. The third-order valence-corrected chi connectivity index (χ3v) is 4.85. The molecule has 1 atom stereocenters. The molecular formula is C22H24N2. The first-order chi connectivity index (χ1) is 11.5. The fourth-order valence-corrected chi connectivity index (χ4v) is 3.17. The third kappa shape index (κ3) is 2.92. The van der Waals surface area contributed by atoms with Crippen molar-refractivity contribution >= 4 is 11.4 Å². The molecule has 1 aliphatic rings. The highest BCUT2D eigenvalue weighted by Crippen LogP contribution is 2.37. The van der Waals surface area contributed by atoms with Crippen LogP contribution in [0.5, 0.6) is 0 Å². The van der Waals surface area contributed by atoms with Crippen LogP contribution in [0.25, 0.3) is 0 Å². The van der Waals surface area contributed by atoms with Gasteiger partial charge in [-0.1, -0.05) is 59.7 Å². The minimum absolute atomic E-state index is 0.264.